The Labute approximate surface area is 134 Å². The number of carbonyl (C=O) groups is 2. The fourth-order valence-corrected chi connectivity index (χ4v) is 2.63. The molecule has 1 fully saturated rings. The first-order valence-electron chi connectivity index (χ1n) is 7.60. The molecule has 7 nitrogen and oxygen atoms in total. The van der Waals surface area contributed by atoms with Crippen molar-refractivity contribution in [3.63, 3.8) is 0 Å². The van der Waals surface area contributed by atoms with E-state index >= 15 is 0 Å². The number of hydrogen-bond acceptors (Lipinski definition) is 3. The Kier molecular flexibility index (Phi) is 4.56. The van der Waals surface area contributed by atoms with Crippen LogP contribution in [-0.2, 0) is 17.9 Å². The van der Waals surface area contributed by atoms with Crippen molar-refractivity contribution in [3.8, 4) is 0 Å². The largest absolute Gasteiger partial charge is 0.338 e. The van der Waals surface area contributed by atoms with Crippen molar-refractivity contribution in [1.82, 2.24) is 20.4 Å². The molecule has 0 spiro atoms. The Morgan fingerprint density at radius 1 is 1.30 bits per heavy atom. The number of likely N-dealkylation sites (tertiary alicyclic amines) is 1. The van der Waals surface area contributed by atoms with Crippen molar-refractivity contribution in [2.24, 2.45) is 0 Å². The summed E-state index contributed by atoms with van der Waals surface area (Å²) in [7, 11) is 0. The summed E-state index contributed by atoms with van der Waals surface area (Å²) in [6, 6.07) is 7.55. The molecular weight excluding hydrogens is 294 g/mol. The Hall–Kier alpha value is -2.83. The molecule has 2 heterocycles. The monoisotopic (exact) mass is 313 g/mol. The van der Waals surface area contributed by atoms with E-state index < -0.39 is 0 Å². The zero-order chi connectivity index (χ0) is 16.1. The van der Waals surface area contributed by atoms with Crippen molar-refractivity contribution in [1.29, 1.82) is 0 Å². The molecule has 1 aliphatic heterocycles. The van der Waals surface area contributed by atoms with Gasteiger partial charge in [-0.05, 0) is 17.5 Å². The lowest BCUT2D eigenvalue weighted by Gasteiger charge is -2.18. The van der Waals surface area contributed by atoms with E-state index in [1.807, 2.05) is 29.2 Å². The Morgan fingerprint density at radius 2 is 2.13 bits per heavy atom. The predicted molar refractivity (Wildman–Crippen MR) is 85.5 cm³/mol. The smallest absolute Gasteiger partial charge is 0.319 e. The van der Waals surface area contributed by atoms with Gasteiger partial charge in [-0.1, -0.05) is 24.3 Å². The second-order valence-electron chi connectivity index (χ2n) is 5.48. The van der Waals surface area contributed by atoms with Crippen LogP contribution in [0.5, 0.6) is 0 Å². The maximum absolute atomic E-state index is 11.9. The fourth-order valence-electron chi connectivity index (χ4n) is 2.63. The molecule has 0 saturated carbocycles. The summed E-state index contributed by atoms with van der Waals surface area (Å²) in [5.74, 6) is 0.200. The molecule has 23 heavy (non-hydrogen) atoms. The zero-order valence-corrected chi connectivity index (χ0v) is 12.7. The molecule has 0 aliphatic carbocycles. The minimum absolute atomic E-state index is 0.200. The first kappa shape index (κ1) is 15.1. The molecule has 120 valence electrons. The highest BCUT2D eigenvalue weighted by Crippen LogP contribution is 2.17. The summed E-state index contributed by atoms with van der Waals surface area (Å²) in [5.41, 5.74) is 2.68. The fraction of sp³-hybridized carbons (Fsp3) is 0.312. The van der Waals surface area contributed by atoms with E-state index in [1.54, 1.807) is 6.20 Å². The van der Waals surface area contributed by atoms with Gasteiger partial charge in [0.15, 0.2) is 0 Å². The zero-order valence-electron chi connectivity index (χ0n) is 12.7. The Morgan fingerprint density at radius 3 is 2.83 bits per heavy atom. The summed E-state index contributed by atoms with van der Waals surface area (Å²) in [6.45, 7) is 1.81. The van der Waals surface area contributed by atoms with E-state index in [9.17, 15) is 9.59 Å². The molecule has 1 aliphatic rings. The normalized spacial score (nSPS) is 14.1. The van der Waals surface area contributed by atoms with Gasteiger partial charge in [0.25, 0.3) is 0 Å². The minimum atomic E-state index is -0.293. The van der Waals surface area contributed by atoms with Gasteiger partial charge < -0.3 is 15.5 Å². The number of carbonyl (C=O) groups excluding carboxylic acids is 2. The average molecular weight is 313 g/mol. The summed E-state index contributed by atoms with van der Waals surface area (Å²) in [4.78, 5) is 25.5. The van der Waals surface area contributed by atoms with Crippen LogP contribution in [-0.4, -0.2) is 33.6 Å². The third kappa shape index (κ3) is 3.88. The maximum atomic E-state index is 11.9. The number of amides is 3. The van der Waals surface area contributed by atoms with Crippen molar-refractivity contribution >= 4 is 17.6 Å². The van der Waals surface area contributed by atoms with Crippen molar-refractivity contribution in [2.45, 2.75) is 25.9 Å². The van der Waals surface area contributed by atoms with Crippen molar-refractivity contribution in [2.75, 3.05) is 11.9 Å². The molecule has 1 aromatic carbocycles. The lowest BCUT2D eigenvalue weighted by Crippen LogP contribution is -2.29. The number of urea groups is 1. The molecule has 0 unspecified atom stereocenters. The minimum Gasteiger partial charge on any atom is -0.338 e. The van der Waals surface area contributed by atoms with E-state index in [4.69, 9.17) is 0 Å². The average Bonchev–Trinajstić information content (AvgIpc) is 3.19. The molecular formula is C16H19N5O2. The van der Waals surface area contributed by atoms with Crippen LogP contribution in [0.3, 0.4) is 0 Å². The number of nitrogens with one attached hydrogen (secondary N) is 3. The molecule has 3 rings (SSSR count). The number of aromatic nitrogens is 2. The molecule has 1 aromatic heterocycles. The number of nitrogens with zero attached hydrogens (tertiary/aromatic N) is 2. The van der Waals surface area contributed by atoms with Crippen LogP contribution in [0, 0.1) is 0 Å². The highest BCUT2D eigenvalue weighted by Gasteiger charge is 2.20. The van der Waals surface area contributed by atoms with Crippen LogP contribution in [0.1, 0.15) is 24.0 Å². The maximum Gasteiger partial charge on any atom is 0.319 e. The summed E-state index contributed by atoms with van der Waals surface area (Å²) in [6.07, 6.45) is 4.69. The summed E-state index contributed by atoms with van der Waals surface area (Å²) in [5, 5.41) is 11.9. The topological polar surface area (TPSA) is 90.1 Å². The lowest BCUT2D eigenvalue weighted by atomic mass is 10.1. The van der Waals surface area contributed by atoms with Crippen LogP contribution >= 0.6 is 0 Å². The Balaban J connectivity index is 1.59. The standard InChI is InChI=1S/C16H19N5O2/c22-15-6-3-7-21(15)11-13-5-2-1-4-12(13)8-17-16(23)20-14-9-18-19-10-14/h1-2,4-5,9-10H,3,6-8,11H2,(H,18,19)(H2,17,20,23). The number of anilines is 1. The van der Waals surface area contributed by atoms with Crippen LogP contribution in [0.2, 0.25) is 0 Å². The summed E-state index contributed by atoms with van der Waals surface area (Å²) >= 11 is 0. The van der Waals surface area contributed by atoms with Crippen LogP contribution in [0.15, 0.2) is 36.7 Å². The second-order valence-corrected chi connectivity index (χ2v) is 5.48. The van der Waals surface area contributed by atoms with E-state index in [-0.39, 0.29) is 11.9 Å². The molecule has 7 heteroatoms. The third-order valence-corrected chi connectivity index (χ3v) is 3.85. The second kappa shape index (κ2) is 6.95. The molecule has 3 N–H and O–H groups in total. The molecule has 0 atom stereocenters. The van der Waals surface area contributed by atoms with Gasteiger partial charge in [-0.3, -0.25) is 9.89 Å². The molecule has 0 bridgehead atoms. The van der Waals surface area contributed by atoms with Crippen LogP contribution in [0.25, 0.3) is 0 Å². The highest BCUT2D eigenvalue weighted by molar-refractivity contribution is 5.88. The first-order chi connectivity index (χ1) is 11.2. The number of rotatable bonds is 5. The molecule has 2 aromatic rings. The van der Waals surface area contributed by atoms with Gasteiger partial charge in [0.1, 0.15) is 0 Å². The number of benzene rings is 1. The van der Waals surface area contributed by atoms with Crippen molar-refractivity contribution < 1.29 is 9.59 Å². The van der Waals surface area contributed by atoms with Crippen LogP contribution < -0.4 is 10.6 Å². The van der Waals surface area contributed by atoms with E-state index in [2.05, 4.69) is 20.8 Å². The van der Waals surface area contributed by atoms with Gasteiger partial charge in [0.2, 0.25) is 5.91 Å². The molecule has 0 radical (unpaired) electrons. The van der Waals surface area contributed by atoms with Gasteiger partial charge in [-0.25, -0.2) is 4.79 Å². The van der Waals surface area contributed by atoms with E-state index in [0.29, 0.717) is 25.2 Å². The molecule has 3 amide bonds. The predicted octanol–water partition coefficient (Wildman–Crippen LogP) is 1.85. The lowest BCUT2D eigenvalue weighted by molar-refractivity contribution is -0.128. The van der Waals surface area contributed by atoms with Gasteiger partial charge in [-0.15, -0.1) is 0 Å². The SMILES string of the molecule is O=C(NCc1ccccc1CN1CCCC1=O)Nc1cn[nH]c1. The van der Waals surface area contributed by atoms with E-state index in [0.717, 1.165) is 24.1 Å². The van der Waals surface area contributed by atoms with Crippen LogP contribution in [0.4, 0.5) is 10.5 Å². The van der Waals surface area contributed by atoms with Gasteiger partial charge in [0.05, 0.1) is 11.9 Å². The molecule has 1 saturated heterocycles. The summed E-state index contributed by atoms with van der Waals surface area (Å²) < 4.78 is 0. The van der Waals surface area contributed by atoms with Gasteiger partial charge in [-0.2, -0.15) is 5.10 Å². The number of hydrogen-bond donors (Lipinski definition) is 3. The number of aromatic amines is 1. The van der Waals surface area contributed by atoms with Gasteiger partial charge in [0, 0.05) is 32.3 Å². The third-order valence-electron chi connectivity index (χ3n) is 3.85. The number of H-pyrrole nitrogens is 1. The van der Waals surface area contributed by atoms with Gasteiger partial charge >= 0.3 is 6.03 Å². The van der Waals surface area contributed by atoms with Crippen molar-refractivity contribution in [3.05, 3.63) is 47.8 Å². The first-order valence-corrected chi connectivity index (χ1v) is 7.60. The highest BCUT2D eigenvalue weighted by atomic mass is 16.2. The Bertz CT molecular complexity index is 684. The van der Waals surface area contributed by atoms with E-state index in [1.165, 1.54) is 6.20 Å². The quantitative estimate of drug-likeness (QED) is 0.787.